The predicted octanol–water partition coefficient (Wildman–Crippen LogP) is 4.88. The second kappa shape index (κ2) is 10.8. The summed E-state index contributed by atoms with van der Waals surface area (Å²) >= 11 is 0. The van der Waals surface area contributed by atoms with Crippen molar-refractivity contribution in [1.82, 2.24) is 4.90 Å². The zero-order chi connectivity index (χ0) is 13.1. The number of nitrogens with zero attached hydrogens (tertiary/aromatic N) is 1. The number of hydrogen-bond donors (Lipinski definition) is 0. The monoisotopic (exact) mass is 239 g/mol. The van der Waals surface area contributed by atoms with Crippen molar-refractivity contribution in [3.63, 3.8) is 0 Å². The van der Waals surface area contributed by atoms with Gasteiger partial charge in [-0.1, -0.05) is 39.2 Å². The van der Waals surface area contributed by atoms with Crippen LogP contribution in [0, 0.1) is 5.92 Å². The molecule has 102 valence electrons. The van der Waals surface area contributed by atoms with Gasteiger partial charge in [0.05, 0.1) is 0 Å². The number of allylic oxidation sites excluding steroid dienone is 1. The molecule has 0 amide bonds. The van der Waals surface area contributed by atoms with Gasteiger partial charge in [0.25, 0.3) is 0 Å². The lowest BCUT2D eigenvalue weighted by molar-refractivity contribution is 0.218. The zero-order valence-corrected chi connectivity index (χ0v) is 12.6. The molecule has 0 aliphatic carbocycles. The Balaban J connectivity index is 3.97. The highest BCUT2D eigenvalue weighted by molar-refractivity contribution is 4.87. The van der Waals surface area contributed by atoms with Crippen molar-refractivity contribution >= 4 is 0 Å². The zero-order valence-electron chi connectivity index (χ0n) is 12.6. The van der Waals surface area contributed by atoms with Gasteiger partial charge in [-0.25, -0.2) is 0 Å². The average molecular weight is 239 g/mol. The first-order valence-corrected chi connectivity index (χ1v) is 7.50. The van der Waals surface area contributed by atoms with Crippen molar-refractivity contribution in [2.45, 2.75) is 66.2 Å². The first kappa shape index (κ1) is 16.7. The molecule has 0 aromatic carbocycles. The number of hydrogen-bond acceptors (Lipinski definition) is 1. The quantitative estimate of drug-likeness (QED) is 0.464. The van der Waals surface area contributed by atoms with Gasteiger partial charge < -0.3 is 4.90 Å². The van der Waals surface area contributed by atoms with E-state index in [1.807, 2.05) is 0 Å². The van der Waals surface area contributed by atoms with Gasteiger partial charge in [-0.3, -0.25) is 0 Å². The van der Waals surface area contributed by atoms with Crippen LogP contribution in [0.2, 0.25) is 0 Å². The van der Waals surface area contributed by atoms with Crippen molar-refractivity contribution in [3.05, 3.63) is 12.2 Å². The molecule has 1 atom stereocenters. The van der Waals surface area contributed by atoms with Crippen molar-refractivity contribution in [3.8, 4) is 0 Å². The lowest BCUT2D eigenvalue weighted by atomic mass is 10.00. The second-order valence-electron chi connectivity index (χ2n) is 5.42. The maximum absolute atomic E-state index is 3.99. The van der Waals surface area contributed by atoms with E-state index in [1.165, 1.54) is 63.7 Å². The van der Waals surface area contributed by atoms with Crippen LogP contribution >= 0.6 is 0 Å². The molecule has 0 heterocycles. The average Bonchev–Trinajstić information content (AvgIpc) is 2.28. The van der Waals surface area contributed by atoms with Crippen LogP contribution < -0.4 is 0 Å². The van der Waals surface area contributed by atoms with E-state index in [0.717, 1.165) is 5.92 Å². The molecule has 0 bridgehead atoms. The molecule has 0 aromatic heterocycles. The van der Waals surface area contributed by atoms with Gasteiger partial charge >= 0.3 is 0 Å². The number of rotatable bonds is 11. The fourth-order valence-corrected chi connectivity index (χ4v) is 2.41. The summed E-state index contributed by atoms with van der Waals surface area (Å²) in [6.45, 7) is 16.8. The van der Waals surface area contributed by atoms with Gasteiger partial charge in [-0.15, -0.1) is 6.58 Å². The van der Waals surface area contributed by atoms with Crippen LogP contribution in [0.15, 0.2) is 12.2 Å². The van der Waals surface area contributed by atoms with Crippen molar-refractivity contribution in [2.75, 3.05) is 19.6 Å². The lowest BCUT2D eigenvalue weighted by Gasteiger charge is -2.26. The second-order valence-corrected chi connectivity index (χ2v) is 5.42. The minimum Gasteiger partial charge on any atom is -0.303 e. The van der Waals surface area contributed by atoms with E-state index in [4.69, 9.17) is 0 Å². The SMILES string of the molecule is C=C(C)CCCN(CCC)CC(CC)CCC. The van der Waals surface area contributed by atoms with E-state index in [-0.39, 0.29) is 0 Å². The third-order valence-electron chi connectivity index (χ3n) is 3.41. The summed E-state index contributed by atoms with van der Waals surface area (Å²) in [4.78, 5) is 2.66. The van der Waals surface area contributed by atoms with Gasteiger partial charge in [0.15, 0.2) is 0 Å². The van der Waals surface area contributed by atoms with E-state index in [0.29, 0.717) is 0 Å². The third-order valence-corrected chi connectivity index (χ3v) is 3.41. The van der Waals surface area contributed by atoms with Crippen molar-refractivity contribution < 1.29 is 0 Å². The van der Waals surface area contributed by atoms with Crippen LogP contribution in [-0.4, -0.2) is 24.5 Å². The van der Waals surface area contributed by atoms with Crippen LogP contribution in [0.4, 0.5) is 0 Å². The van der Waals surface area contributed by atoms with Crippen LogP contribution in [0.1, 0.15) is 66.2 Å². The Labute approximate surface area is 109 Å². The molecule has 0 aliphatic rings. The standard InChI is InChI=1S/C16H33N/c1-6-10-16(8-3)14-17(12-7-2)13-9-11-15(4)5/h16H,4,6-14H2,1-3,5H3. The Bertz CT molecular complexity index is 186. The summed E-state index contributed by atoms with van der Waals surface area (Å²) < 4.78 is 0. The van der Waals surface area contributed by atoms with Gasteiger partial charge in [0.1, 0.15) is 0 Å². The minimum absolute atomic E-state index is 0.899. The summed E-state index contributed by atoms with van der Waals surface area (Å²) in [5.41, 5.74) is 1.32. The summed E-state index contributed by atoms with van der Waals surface area (Å²) in [6.07, 6.45) is 7.77. The van der Waals surface area contributed by atoms with Crippen molar-refractivity contribution in [2.24, 2.45) is 5.92 Å². The molecule has 0 fully saturated rings. The van der Waals surface area contributed by atoms with Crippen LogP contribution in [-0.2, 0) is 0 Å². The van der Waals surface area contributed by atoms with E-state index >= 15 is 0 Å². The molecular formula is C16H33N. The predicted molar refractivity (Wildman–Crippen MR) is 79.5 cm³/mol. The molecule has 1 heteroatoms. The minimum atomic E-state index is 0.899. The normalized spacial score (nSPS) is 13.0. The molecular weight excluding hydrogens is 206 g/mol. The molecule has 0 spiro atoms. The van der Waals surface area contributed by atoms with Crippen LogP contribution in [0.5, 0.6) is 0 Å². The van der Waals surface area contributed by atoms with E-state index in [1.54, 1.807) is 0 Å². The Hall–Kier alpha value is -0.300. The highest BCUT2D eigenvalue weighted by atomic mass is 15.1. The highest BCUT2D eigenvalue weighted by Gasteiger charge is 2.11. The first-order chi connectivity index (χ1) is 8.13. The summed E-state index contributed by atoms with van der Waals surface area (Å²) in [5, 5.41) is 0. The fourth-order valence-electron chi connectivity index (χ4n) is 2.41. The van der Waals surface area contributed by atoms with Crippen molar-refractivity contribution in [1.29, 1.82) is 0 Å². The Morgan fingerprint density at radius 3 is 2.29 bits per heavy atom. The molecule has 0 N–H and O–H groups in total. The molecule has 1 unspecified atom stereocenters. The van der Waals surface area contributed by atoms with Gasteiger partial charge in [0, 0.05) is 6.54 Å². The first-order valence-electron chi connectivity index (χ1n) is 7.50. The summed E-state index contributed by atoms with van der Waals surface area (Å²) in [7, 11) is 0. The van der Waals surface area contributed by atoms with E-state index in [9.17, 15) is 0 Å². The van der Waals surface area contributed by atoms with Gasteiger partial charge in [-0.2, -0.15) is 0 Å². The molecule has 0 aromatic rings. The summed E-state index contributed by atoms with van der Waals surface area (Å²) in [5.74, 6) is 0.899. The lowest BCUT2D eigenvalue weighted by Crippen LogP contribution is -2.31. The largest absolute Gasteiger partial charge is 0.303 e. The Morgan fingerprint density at radius 1 is 1.12 bits per heavy atom. The van der Waals surface area contributed by atoms with E-state index in [2.05, 4.69) is 39.2 Å². The van der Waals surface area contributed by atoms with E-state index < -0.39 is 0 Å². The summed E-state index contributed by atoms with van der Waals surface area (Å²) in [6, 6.07) is 0. The molecule has 0 saturated heterocycles. The van der Waals surface area contributed by atoms with Crippen LogP contribution in [0.25, 0.3) is 0 Å². The third kappa shape index (κ3) is 9.41. The molecule has 0 radical (unpaired) electrons. The molecule has 1 nitrogen and oxygen atoms in total. The highest BCUT2D eigenvalue weighted by Crippen LogP contribution is 2.14. The maximum atomic E-state index is 3.99. The molecule has 17 heavy (non-hydrogen) atoms. The van der Waals surface area contributed by atoms with Gasteiger partial charge in [-0.05, 0) is 51.6 Å². The maximum Gasteiger partial charge on any atom is 0.000955 e. The Kier molecular flexibility index (Phi) is 10.6. The molecule has 0 aliphatic heterocycles. The smallest absolute Gasteiger partial charge is 0.000955 e. The van der Waals surface area contributed by atoms with Gasteiger partial charge in [0.2, 0.25) is 0 Å². The molecule has 0 saturated carbocycles. The molecule has 0 rings (SSSR count). The van der Waals surface area contributed by atoms with Crippen LogP contribution in [0.3, 0.4) is 0 Å². The fraction of sp³-hybridized carbons (Fsp3) is 0.875. The topological polar surface area (TPSA) is 3.24 Å². The Morgan fingerprint density at radius 2 is 1.82 bits per heavy atom.